The maximum Gasteiger partial charge on any atom is 0.258 e. The second kappa shape index (κ2) is 5.17. The number of aryl methyl sites for hydroxylation is 1. The van der Waals surface area contributed by atoms with Crippen LogP contribution in [0.3, 0.4) is 0 Å². The van der Waals surface area contributed by atoms with Crippen LogP contribution in [0.15, 0.2) is 42.7 Å². The number of anilines is 2. The number of benzene rings is 1. The summed E-state index contributed by atoms with van der Waals surface area (Å²) in [6.45, 7) is 1.95. The molecule has 114 valence electrons. The van der Waals surface area contributed by atoms with Crippen molar-refractivity contribution in [3.05, 3.63) is 53.4 Å². The molecular formula is C16H13ClN6. The summed E-state index contributed by atoms with van der Waals surface area (Å²) in [7, 11) is 1.94. The first kappa shape index (κ1) is 13.9. The van der Waals surface area contributed by atoms with Gasteiger partial charge in [-0.05, 0) is 37.3 Å². The average Bonchev–Trinajstić information content (AvgIpc) is 3.02. The van der Waals surface area contributed by atoms with Gasteiger partial charge in [0, 0.05) is 23.5 Å². The predicted octanol–water partition coefficient (Wildman–Crippen LogP) is 3.40. The van der Waals surface area contributed by atoms with E-state index in [0.29, 0.717) is 10.8 Å². The molecule has 0 fully saturated rings. The van der Waals surface area contributed by atoms with Gasteiger partial charge in [0.25, 0.3) is 5.78 Å². The molecule has 0 spiro atoms. The lowest BCUT2D eigenvalue weighted by Crippen LogP contribution is -2.13. The summed E-state index contributed by atoms with van der Waals surface area (Å²) < 4.78 is 1.79. The molecule has 4 rings (SSSR count). The van der Waals surface area contributed by atoms with Crippen molar-refractivity contribution in [2.24, 2.45) is 0 Å². The van der Waals surface area contributed by atoms with Gasteiger partial charge in [-0.2, -0.15) is 4.98 Å². The minimum Gasteiger partial charge on any atom is -0.329 e. The van der Waals surface area contributed by atoms with Gasteiger partial charge in [0.15, 0.2) is 5.65 Å². The minimum absolute atomic E-state index is 0.513. The quantitative estimate of drug-likeness (QED) is 0.565. The summed E-state index contributed by atoms with van der Waals surface area (Å²) in [6.07, 6.45) is 1.63. The molecule has 0 N–H and O–H groups in total. The predicted molar refractivity (Wildman–Crippen MR) is 90.3 cm³/mol. The Morgan fingerprint density at radius 2 is 2.00 bits per heavy atom. The lowest BCUT2D eigenvalue weighted by molar-refractivity contribution is 1.07. The zero-order valence-electron chi connectivity index (χ0n) is 12.6. The number of nitrogens with zero attached hydrogens (tertiary/aromatic N) is 6. The number of hydrogen-bond donors (Lipinski definition) is 0. The lowest BCUT2D eigenvalue weighted by Gasteiger charge is -2.20. The van der Waals surface area contributed by atoms with E-state index in [1.807, 2.05) is 55.3 Å². The standard InChI is InChI=1S/C16H13ClN6/c1-10-6-7-13-14(22(2)12-5-3-4-11(17)8-12)20-16-21-18-9-23(16)15(13)19-10/h3-9H,1-2H3. The number of halogens is 1. The molecule has 0 aliphatic heterocycles. The van der Waals surface area contributed by atoms with Crippen molar-refractivity contribution in [3.8, 4) is 0 Å². The van der Waals surface area contributed by atoms with E-state index in [4.69, 9.17) is 11.6 Å². The molecule has 23 heavy (non-hydrogen) atoms. The summed E-state index contributed by atoms with van der Waals surface area (Å²) in [5.41, 5.74) is 2.65. The van der Waals surface area contributed by atoms with Crippen molar-refractivity contribution in [1.82, 2.24) is 24.6 Å². The largest absolute Gasteiger partial charge is 0.329 e. The van der Waals surface area contributed by atoms with Gasteiger partial charge in [0.05, 0.1) is 5.39 Å². The fraction of sp³-hybridized carbons (Fsp3) is 0.125. The first-order valence-corrected chi connectivity index (χ1v) is 7.48. The Balaban J connectivity index is 2.01. The monoisotopic (exact) mass is 324 g/mol. The van der Waals surface area contributed by atoms with Gasteiger partial charge in [-0.25, -0.2) is 9.38 Å². The molecule has 0 bridgehead atoms. The topological polar surface area (TPSA) is 59.2 Å². The van der Waals surface area contributed by atoms with Crippen LogP contribution in [0.1, 0.15) is 5.69 Å². The highest BCUT2D eigenvalue weighted by atomic mass is 35.5. The molecule has 7 heteroatoms. The van der Waals surface area contributed by atoms with Crippen molar-refractivity contribution in [2.45, 2.75) is 6.92 Å². The molecule has 0 amide bonds. The number of fused-ring (bicyclic) bond motifs is 3. The smallest absolute Gasteiger partial charge is 0.258 e. The van der Waals surface area contributed by atoms with Crippen molar-refractivity contribution in [1.29, 1.82) is 0 Å². The molecule has 0 saturated heterocycles. The third kappa shape index (κ3) is 2.27. The van der Waals surface area contributed by atoms with E-state index >= 15 is 0 Å². The van der Waals surface area contributed by atoms with Crippen molar-refractivity contribution in [3.63, 3.8) is 0 Å². The maximum atomic E-state index is 6.11. The van der Waals surface area contributed by atoms with Crippen LogP contribution in [0, 0.1) is 6.92 Å². The van der Waals surface area contributed by atoms with E-state index in [2.05, 4.69) is 20.2 Å². The summed E-state index contributed by atoms with van der Waals surface area (Å²) in [5, 5.41) is 9.60. The Kier molecular flexibility index (Phi) is 3.12. The number of rotatable bonds is 2. The number of pyridine rings is 1. The normalized spacial score (nSPS) is 11.3. The molecule has 0 aliphatic rings. The first-order chi connectivity index (χ1) is 11.1. The van der Waals surface area contributed by atoms with Gasteiger partial charge in [-0.1, -0.05) is 17.7 Å². The second-order valence-corrected chi connectivity index (χ2v) is 5.74. The summed E-state index contributed by atoms with van der Waals surface area (Å²) in [4.78, 5) is 11.2. The molecule has 0 unspecified atom stereocenters. The van der Waals surface area contributed by atoms with E-state index in [9.17, 15) is 0 Å². The third-order valence-corrected chi connectivity index (χ3v) is 3.97. The highest BCUT2D eigenvalue weighted by Gasteiger charge is 2.15. The number of hydrogen-bond acceptors (Lipinski definition) is 5. The van der Waals surface area contributed by atoms with E-state index in [1.165, 1.54) is 0 Å². The molecular weight excluding hydrogens is 312 g/mol. The van der Waals surface area contributed by atoms with Crippen LogP contribution in [-0.2, 0) is 0 Å². The molecule has 3 aromatic heterocycles. The third-order valence-electron chi connectivity index (χ3n) is 3.73. The minimum atomic E-state index is 0.513. The Morgan fingerprint density at radius 3 is 2.83 bits per heavy atom. The zero-order valence-corrected chi connectivity index (χ0v) is 13.4. The van der Waals surface area contributed by atoms with Crippen LogP contribution in [0.25, 0.3) is 16.8 Å². The zero-order chi connectivity index (χ0) is 16.0. The van der Waals surface area contributed by atoms with Gasteiger partial charge in [-0.3, -0.25) is 0 Å². The van der Waals surface area contributed by atoms with E-state index in [0.717, 1.165) is 28.2 Å². The summed E-state index contributed by atoms with van der Waals surface area (Å²) in [6, 6.07) is 11.6. The molecule has 0 aliphatic carbocycles. The fourth-order valence-corrected chi connectivity index (χ4v) is 2.76. The SMILES string of the molecule is Cc1ccc2c(N(C)c3cccc(Cl)c3)nc3nncn3c2n1. The molecule has 4 aromatic rings. The van der Waals surface area contributed by atoms with Crippen LogP contribution in [0.4, 0.5) is 11.5 Å². The molecule has 3 heterocycles. The number of aromatic nitrogens is 5. The molecule has 0 radical (unpaired) electrons. The Bertz CT molecular complexity index is 1030. The lowest BCUT2D eigenvalue weighted by atomic mass is 10.2. The Labute approximate surface area is 137 Å². The van der Waals surface area contributed by atoms with E-state index < -0.39 is 0 Å². The van der Waals surface area contributed by atoms with Gasteiger partial charge in [0.2, 0.25) is 0 Å². The Hall–Kier alpha value is -2.73. The summed E-state index contributed by atoms with van der Waals surface area (Å²) >= 11 is 6.11. The average molecular weight is 325 g/mol. The first-order valence-electron chi connectivity index (χ1n) is 7.10. The van der Waals surface area contributed by atoms with Gasteiger partial charge in [-0.15, -0.1) is 10.2 Å². The molecule has 0 saturated carbocycles. The van der Waals surface area contributed by atoms with Gasteiger partial charge in [0.1, 0.15) is 12.1 Å². The molecule has 6 nitrogen and oxygen atoms in total. The fourth-order valence-electron chi connectivity index (χ4n) is 2.57. The van der Waals surface area contributed by atoms with E-state index in [1.54, 1.807) is 10.7 Å². The maximum absolute atomic E-state index is 6.11. The van der Waals surface area contributed by atoms with Crippen LogP contribution >= 0.6 is 11.6 Å². The highest BCUT2D eigenvalue weighted by molar-refractivity contribution is 6.30. The van der Waals surface area contributed by atoms with Crippen molar-refractivity contribution < 1.29 is 0 Å². The Morgan fingerprint density at radius 1 is 1.13 bits per heavy atom. The van der Waals surface area contributed by atoms with Crippen molar-refractivity contribution >= 4 is 39.9 Å². The molecule has 0 atom stereocenters. The van der Waals surface area contributed by atoms with Crippen LogP contribution in [0.5, 0.6) is 0 Å². The van der Waals surface area contributed by atoms with Crippen molar-refractivity contribution in [2.75, 3.05) is 11.9 Å². The van der Waals surface area contributed by atoms with Crippen LogP contribution < -0.4 is 4.90 Å². The van der Waals surface area contributed by atoms with Crippen LogP contribution in [0.2, 0.25) is 5.02 Å². The second-order valence-electron chi connectivity index (χ2n) is 5.30. The van der Waals surface area contributed by atoms with E-state index in [-0.39, 0.29) is 0 Å². The van der Waals surface area contributed by atoms with Crippen LogP contribution in [-0.4, -0.2) is 31.6 Å². The molecule has 1 aromatic carbocycles. The van der Waals surface area contributed by atoms with Gasteiger partial charge >= 0.3 is 0 Å². The van der Waals surface area contributed by atoms with Gasteiger partial charge < -0.3 is 4.90 Å². The summed E-state index contributed by atoms with van der Waals surface area (Å²) in [5.74, 6) is 1.27. The highest BCUT2D eigenvalue weighted by Crippen LogP contribution is 2.30.